The molecule has 0 aliphatic carbocycles. The number of nitrogens with one attached hydrogen (secondary N) is 2. The monoisotopic (exact) mass is 337 g/mol. The van der Waals surface area contributed by atoms with Crippen molar-refractivity contribution in [2.75, 3.05) is 11.9 Å². The van der Waals surface area contributed by atoms with E-state index in [0.717, 1.165) is 24.2 Å². The van der Waals surface area contributed by atoms with E-state index in [9.17, 15) is 4.79 Å². The van der Waals surface area contributed by atoms with Gasteiger partial charge in [-0.1, -0.05) is 36.5 Å². The largest absolute Gasteiger partial charge is 0.354 e. The van der Waals surface area contributed by atoms with Crippen molar-refractivity contribution < 1.29 is 4.79 Å². The molecular weight excluding hydrogens is 321 g/mol. The average molecular weight is 338 g/mol. The molecule has 6 heteroatoms. The van der Waals surface area contributed by atoms with Crippen molar-refractivity contribution in [3.05, 3.63) is 52.3 Å². The fourth-order valence-corrected chi connectivity index (χ4v) is 2.30. The van der Waals surface area contributed by atoms with E-state index in [1.54, 1.807) is 36.5 Å². The molecule has 2 rings (SSSR count). The molecule has 4 nitrogen and oxygen atoms in total. The number of carbonyl (C=O) groups is 1. The first-order valence-electron chi connectivity index (χ1n) is 7.06. The Hall–Kier alpha value is -1.78. The number of halogens is 2. The molecule has 0 aliphatic rings. The van der Waals surface area contributed by atoms with Gasteiger partial charge in [-0.25, -0.2) is 0 Å². The van der Waals surface area contributed by atoms with Crippen LogP contribution in [0.15, 0.2) is 36.5 Å². The van der Waals surface area contributed by atoms with Crippen LogP contribution < -0.4 is 10.6 Å². The Kier molecular flexibility index (Phi) is 6.04. The number of hydrogen-bond donors (Lipinski definition) is 2. The van der Waals surface area contributed by atoms with Gasteiger partial charge in [-0.3, -0.25) is 9.78 Å². The predicted molar refractivity (Wildman–Crippen MR) is 91.2 cm³/mol. The molecule has 116 valence electrons. The number of anilines is 2. The molecule has 1 heterocycles. The van der Waals surface area contributed by atoms with Gasteiger partial charge >= 0.3 is 0 Å². The zero-order valence-electron chi connectivity index (χ0n) is 12.2. The molecule has 1 aromatic carbocycles. The smallest absolute Gasteiger partial charge is 0.269 e. The molecule has 0 fully saturated rings. The number of carbonyl (C=O) groups excluding carboxylic acids is 1. The summed E-state index contributed by atoms with van der Waals surface area (Å²) in [4.78, 5) is 16.1. The van der Waals surface area contributed by atoms with Crippen LogP contribution in [0, 0.1) is 0 Å². The fourth-order valence-electron chi connectivity index (χ4n) is 1.85. The van der Waals surface area contributed by atoms with Crippen LogP contribution in [0.25, 0.3) is 0 Å². The number of benzene rings is 1. The van der Waals surface area contributed by atoms with Crippen LogP contribution in [0.5, 0.6) is 0 Å². The number of unbranched alkanes of at least 4 members (excludes halogenated alkanes) is 1. The lowest BCUT2D eigenvalue weighted by molar-refractivity contribution is 0.0948. The Bertz CT molecular complexity index is 662. The quantitative estimate of drug-likeness (QED) is 0.753. The third-order valence-corrected chi connectivity index (χ3v) is 3.57. The van der Waals surface area contributed by atoms with E-state index in [0.29, 0.717) is 22.3 Å². The predicted octanol–water partition coefficient (Wildman–Crippen LogP) is 4.66. The number of amides is 1. The van der Waals surface area contributed by atoms with Crippen LogP contribution in [-0.4, -0.2) is 17.4 Å². The first kappa shape index (κ1) is 16.6. The average Bonchev–Trinajstić information content (AvgIpc) is 2.50. The van der Waals surface area contributed by atoms with E-state index < -0.39 is 0 Å². The van der Waals surface area contributed by atoms with Crippen molar-refractivity contribution in [2.24, 2.45) is 0 Å². The van der Waals surface area contributed by atoms with E-state index in [-0.39, 0.29) is 5.91 Å². The van der Waals surface area contributed by atoms with Gasteiger partial charge in [-0.2, -0.15) is 0 Å². The van der Waals surface area contributed by atoms with Crippen molar-refractivity contribution in [1.29, 1.82) is 0 Å². The van der Waals surface area contributed by atoms with Crippen molar-refractivity contribution in [3.8, 4) is 0 Å². The summed E-state index contributed by atoms with van der Waals surface area (Å²) in [5, 5.41) is 7.07. The van der Waals surface area contributed by atoms with Crippen molar-refractivity contribution >= 4 is 40.5 Å². The Morgan fingerprint density at radius 1 is 1.23 bits per heavy atom. The molecule has 2 N–H and O–H groups in total. The van der Waals surface area contributed by atoms with Gasteiger partial charge in [0.15, 0.2) is 0 Å². The molecule has 0 bridgehead atoms. The second kappa shape index (κ2) is 8.01. The maximum absolute atomic E-state index is 12.0. The summed E-state index contributed by atoms with van der Waals surface area (Å²) in [5.74, 6) is -0.181. The van der Waals surface area contributed by atoms with Gasteiger partial charge in [0, 0.05) is 23.5 Å². The van der Waals surface area contributed by atoms with E-state index in [1.165, 1.54) is 0 Å². The molecule has 0 aliphatic heterocycles. The van der Waals surface area contributed by atoms with Crippen molar-refractivity contribution in [1.82, 2.24) is 10.3 Å². The third-order valence-electron chi connectivity index (χ3n) is 3.02. The summed E-state index contributed by atoms with van der Waals surface area (Å²) in [6, 6.07) is 8.65. The van der Waals surface area contributed by atoms with Crippen LogP contribution in [0.3, 0.4) is 0 Å². The Balaban J connectivity index is 2.09. The molecular formula is C16H17Cl2N3O. The van der Waals surface area contributed by atoms with Gasteiger partial charge in [0.05, 0.1) is 10.7 Å². The van der Waals surface area contributed by atoms with Gasteiger partial charge in [-0.15, -0.1) is 0 Å². The summed E-state index contributed by atoms with van der Waals surface area (Å²) < 4.78 is 0. The van der Waals surface area contributed by atoms with Crippen molar-refractivity contribution in [2.45, 2.75) is 19.8 Å². The van der Waals surface area contributed by atoms with E-state index in [4.69, 9.17) is 23.2 Å². The van der Waals surface area contributed by atoms with Crippen LogP contribution in [0.2, 0.25) is 10.0 Å². The van der Waals surface area contributed by atoms with Gasteiger partial charge in [0.1, 0.15) is 5.69 Å². The fraction of sp³-hybridized carbons (Fsp3) is 0.250. The lowest BCUT2D eigenvalue weighted by Gasteiger charge is -2.10. The third kappa shape index (κ3) is 4.61. The number of aromatic nitrogens is 1. The molecule has 1 aromatic heterocycles. The van der Waals surface area contributed by atoms with E-state index in [2.05, 4.69) is 22.5 Å². The summed E-state index contributed by atoms with van der Waals surface area (Å²) >= 11 is 12.0. The van der Waals surface area contributed by atoms with Gasteiger partial charge in [0.2, 0.25) is 0 Å². The van der Waals surface area contributed by atoms with Crippen LogP contribution in [0.1, 0.15) is 30.3 Å². The minimum absolute atomic E-state index is 0.181. The van der Waals surface area contributed by atoms with Gasteiger partial charge in [0.25, 0.3) is 5.91 Å². The Morgan fingerprint density at radius 2 is 2.05 bits per heavy atom. The number of nitrogens with zero attached hydrogens (tertiary/aromatic N) is 1. The maximum Gasteiger partial charge on any atom is 0.269 e. The lowest BCUT2D eigenvalue weighted by atomic mass is 10.2. The molecule has 1 amide bonds. The van der Waals surface area contributed by atoms with Gasteiger partial charge in [-0.05, 0) is 36.8 Å². The lowest BCUT2D eigenvalue weighted by Crippen LogP contribution is -2.25. The van der Waals surface area contributed by atoms with Gasteiger partial charge < -0.3 is 10.6 Å². The number of hydrogen-bond acceptors (Lipinski definition) is 3. The highest BCUT2D eigenvalue weighted by Crippen LogP contribution is 2.28. The van der Waals surface area contributed by atoms with Crippen LogP contribution in [-0.2, 0) is 0 Å². The number of pyridine rings is 1. The second-order valence-electron chi connectivity index (χ2n) is 4.79. The highest BCUT2D eigenvalue weighted by molar-refractivity contribution is 6.36. The molecule has 0 unspecified atom stereocenters. The second-order valence-corrected chi connectivity index (χ2v) is 5.63. The highest BCUT2D eigenvalue weighted by atomic mass is 35.5. The summed E-state index contributed by atoms with van der Waals surface area (Å²) in [6.07, 6.45) is 3.56. The zero-order valence-corrected chi connectivity index (χ0v) is 13.7. The molecule has 2 aromatic rings. The molecule has 0 atom stereocenters. The minimum atomic E-state index is -0.181. The topological polar surface area (TPSA) is 54.0 Å². The first-order chi connectivity index (χ1) is 10.6. The SMILES string of the molecule is CCCCNC(=O)c1cc(Nc2ccc(Cl)cc2Cl)ccn1. The van der Waals surface area contributed by atoms with E-state index >= 15 is 0 Å². The molecule has 0 radical (unpaired) electrons. The Labute approximate surface area is 139 Å². The maximum atomic E-state index is 12.0. The highest BCUT2D eigenvalue weighted by Gasteiger charge is 2.08. The summed E-state index contributed by atoms with van der Waals surface area (Å²) in [5.41, 5.74) is 1.82. The first-order valence-corrected chi connectivity index (χ1v) is 7.82. The molecule has 0 saturated carbocycles. The zero-order chi connectivity index (χ0) is 15.9. The molecule has 0 saturated heterocycles. The van der Waals surface area contributed by atoms with Crippen molar-refractivity contribution in [3.63, 3.8) is 0 Å². The summed E-state index contributed by atoms with van der Waals surface area (Å²) in [7, 11) is 0. The standard InChI is InChI=1S/C16H17Cl2N3O/c1-2-3-7-20-16(22)15-10-12(6-8-19-15)21-14-5-4-11(17)9-13(14)18/h4-6,8-10H,2-3,7H2,1H3,(H,19,21)(H,20,22). The molecule has 22 heavy (non-hydrogen) atoms. The van der Waals surface area contributed by atoms with Crippen LogP contribution >= 0.6 is 23.2 Å². The Morgan fingerprint density at radius 3 is 2.77 bits per heavy atom. The summed E-state index contributed by atoms with van der Waals surface area (Å²) in [6.45, 7) is 2.72. The minimum Gasteiger partial charge on any atom is -0.354 e. The molecule has 0 spiro atoms. The normalized spacial score (nSPS) is 10.3. The van der Waals surface area contributed by atoms with E-state index in [1.807, 2.05) is 0 Å². The number of rotatable bonds is 6. The van der Waals surface area contributed by atoms with Crippen LogP contribution in [0.4, 0.5) is 11.4 Å².